The molecular formula is C11H13BrF3NO. The molecule has 1 aromatic rings. The van der Waals surface area contributed by atoms with E-state index in [2.05, 4.69) is 21.2 Å². The second kappa shape index (κ2) is 5.73. The Balaban J connectivity index is 2.53. The Morgan fingerprint density at radius 2 is 2.06 bits per heavy atom. The summed E-state index contributed by atoms with van der Waals surface area (Å²) in [4.78, 5) is 0. The lowest BCUT2D eigenvalue weighted by molar-refractivity contribution is -0.139. The van der Waals surface area contributed by atoms with Crippen LogP contribution in [0.5, 0.6) is 5.75 Å². The third-order valence-corrected chi connectivity index (χ3v) is 2.71. The monoisotopic (exact) mass is 311 g/mol. The molecule has 2 nitrogen and oxygen atoms in total. The summed E-state index contributed by atoms with van der Waals surface area (Å²) < 4.78 is 37.0. The van der Waals surface area contributed by atoms with E-state index in [4.69, 9.17) is 0 Å². The van der Waals surface area contributed by atoms with Crippen molar-refractivity contribution in [1.29, 1.82) is 0 Å². The van der Waals surface area contributed by atoms with E-state index in [1.807, 2.05) is 0 Å². The molecule has 0 bridgehead atoms. The Morgan fingerprint density at radius 3 is 2.65 bits per heavy atom. The van der Waals surface area contributed by atoms with E-state index in [-0.39, 0.29) is 12.3 Å². The highest BCUT2D eigenvalue weighted by atomic mass is 79.9. The molecule has 1 atom stereocenters. The van der Waals surface area contributed by atoms with Crippen LogP contribution in [0, 0.1) is 0 Å². The first-order valence-electron chi connectivity index (χ1n) is 5.05. The van der Waals surface area contributed by atoms with E-state index < -0.39 is 18.6 Å². The van der Waals surface area contributed by atoms with Crippen LogP contribution in [0.4, 0.5) is 13.2 Å². The fourth-order valence-corrected chi connectivity index (χ4v) is 1.81. The highest BCUT2D eigenvalue weighted by molar-refractivity contribution is 9.10. The van der Waals surface area contributed by atoms with Crippen LogP contribution < -0.4 is 5.32 Å². The molecule has 0 saturated carbocycles. The van der Waals surface area contributed by atoms with Crippen molar-refractivity contribution in [2.24, 2.45) is 0 Å². The molecule has 0 aliphatic heterocycles. The molecule has 6 heteroatoms. The highest BCUT2D eigenvalue weighted by Crippen LogP contribution is 2.23. The first kappa shape index (κ1) is 14.3. The van der Waals surface area contributed by atoms with Crippen LogP contribution in [0.15, 0.2) is 22.7 Å². The average Bonchev–Trinajstić information content (AvgIpc) is 2.17. The maximum Gasteiger partial charge on any atom is 0.390 e. The van der Waals surface area contributed by atoms with Crippen molar-refractivity contribution in [3.63, 3.8) is 0 Å². The summed E-state index contributed by atoms with van der Waals surface area (Å²) in [6, 6.07) is 4.14. The van der Waals surface area contributed by atoms with Gasteiger partial charge in [0.25, 0.3) is 0 Å². The number of aromatic hydroxyl groups is 1. The first-order chi connectivity index (χ1) is 7.78. The Labute approximate surface area is 106 Å². The second-order valence-electron chi connectivity index (χ2n) is 3.87. The van der Waals surface area contributed by atoms with Crippen molar-refractivity contribution in [1.82, 2.24) is 5.32 Å². The Bertz CT molecular complexity index is 381. The number of nitrogens with one attached hydrogen (secondary N) is 1. The van der Waals surface area contributed by atoms with E-state index in [9.17, 15) is 18.3 Å². The number of benzene rings is 1. The standard InChI is InChI=1S/C11H13BrF3NO/c1-7(5-11(13,14)15)16-6-8-4-9(12)2-3-10(8)17/h2-4,7,16-17H,5-6H2,1H3. The molecule has 1 unspecified atom stereocenters. The smallest absolute Gasteiger partial charge is 0.390 e. The third-order valence-electron chi connectivity index (χ3n) is 2.22. The molecule has 0 radical (unpaired) electrons. The molecule has 2 N–H and O–H groups in total. The molecule has 0 aliphatic carbocycles. The number of phenols is 1. The van der Waals surface area contributed by atoms with Gasteiger partial charge in [-0.3, -0.25) is 0 Å². The van der Waals surface area contributed by atoms with Gasteiger partial charge in [0, 0.05) is 22.6 Å². The van der Waals surface area contributed by atoms with Crippen LogP contribution in [0.2, 0.25) is 0 Å². The van der Waals surface area contributed by atoms with Crippen molar-refractivity contribution >= 4 is 15.9 Å². The molecule has 0 heterocycles. The summed E-state index contributed by atoms with van der Waals surface area (Å²) in [5.41, 5.74) is 0.563. The predicted octanol–water partition coefficient (Wildman–Crippen LogP) is 3.59. The summed E-state index contributed by atoms with van der Waals surface area (Å²) in [6.07, 6.45) is -5.06. The Morgan fingerprint density at radius 1 is 1.41 bits per heavy atom. The third kappa shape index (κ3) is 5.41. The molecule has 0 spiro atoms. The van der Waals surface area contributed by atoms with Gasteiger partial charge in [-0.1, -0.05) is 15.9 Å². The SMILES string of the molecule is CC(CC(F)(F)F)NCc1cc(Br)ccc1O. The van der Waals surface area contributed by atoms with Gasteiger partial charge in [-0.2, -0.15) is 13.2 Å². The first-order valence-corrected chi connectivity index (χ1v) is 5.85. The lowest BCUT2D eigenvalue weighted by Crippen LogP contribution is -2.30. The van der Waals surface area contributed by atoms with Gasteiger partial charge < -0.3 is 10.4 Å². The topological polar surface area (TPSA) is 32.3 Å². The van der Waals surface area contributed by atoms with Crippen molar-refractivity contribution in [3.8, 4) is 5.75 Å². The van der Waals surface area contributed by atoms with Gasteiger partial charge in [0.2, 0.25) is 0 Å². The van der Waals surface area contributed by atoms with E-state index in [1.54, 1.807) is 12.1 Å². The molecule has 17 heavy (non-hydrogen) atoms. The Hall–Kier alpha value is -0.750. The maximum atomic E-state index is 12.1. The molecule has 0 aliphatic rings. The molecular weight excluding hydrogens is 299 g/mol. The zero-order chi connectivity index (χ0) is 13.1. The van der Waals surface area contributed by atoms with E-state index in [1.165, 1.54) is 13.0 Å². The number of alkyl halides is 3. The van der Waals surface area contributed by atoms with Crippen molar-refractivity contribution in [2.45, 2.75) is 32.1 Å². The minimum Gasteiger partial charge on any atom is -0.508 e. The van der Waals surface area contributed by atoms with Gasteiger partial charge in [0.05, 0.1) is 6.42 Å². The fourth-order valence-electron chi connectivity index (χ4n) is 1.40. The van der Waals surface area contributed by atoms with Gasteiger partial charge in [-0.05, 0) is 25.1 Å². The molecule has 0 fully saturated rings. The van der Waals surface area contributed by atoms with Gasteiger partial charge in [-0.15, -0.1) is 0 Å². The van der Waals surface area contributed by atoms with Gasteiger partial charge in [0.1, 0.15) is 5.75 Å². The minimum absolute atomic E-state index is 0.0694. The molecule has 96 valence electrons. The van der Waals surface area contributed by atoms with E-state index in [0.717, 1.165) is 4.47 Å². The second-order valence-corrected chi connectivity index (χ2v) is 4.79. The van der Waals surface area contributed by atoms with E-state index >= 15 is 0 Å². The fraction of sp³-hybridized carbons (Fsp3) is 0.455. The summed E-state index contributed by atoms with van der Waals surface area (Å²) in [7, 11) is 0. The van der Waals surface area contributed by atoms with Crippen LogP contribution in [0.3, 0.4) is 0 Å². The summed E-state index contributed by atoms with van der Waals surface area (Å²) in [5, 5.41) is 12.2. The summed E-state index contributed by atoms with van der Waals surface area (Å²) >= 11 is 3.23. The molecule has 1 aromatic carbocycles. The number of phenolic OH excluding ortho intramolecular Hbond substituents is 1. The largest absolute Gasteiger partial charge is 0.508 e. The van der Waals surface area contributed by atoms with E-state index in [0.29, 0.717) is 5.56 Å². The lowest BCUT2D eigenvalue weighted by atomic mass is 10.1. The zero-order valence-corrected chi connectivity index (χ0v) is 10.8. The van der Waals surface area contributed by atoms with Crippen molar-refractivity contribution in [2.75, 3.05) is 0 Å². The summed E-state index contributed by atoms with van der Waals surface area (Å²) in [6.45, 7) is 1.66. The quantitative estimate of drug-likeness (QED) is 0.890. The zero-order valence-electron chi connectivity index (χ0n) is 9.18. The van der Waals surface area contributed by atoms with Gasteiger partial charge in [0.15, 0.2) is 0 Å². The van der Waals surface area contributed by atoms with Crippen molar-refractivity contribution < 1.29 is 18.3 Å². The maximum absolute atomic E-state index is 12.1. The molecule has 1 rings (SSSR count). The van der Waals surface area contributed by atoms with Crippen LogP contribution in [0.25, 0.3) is 0 Å². The molecule has 0 amide bonds. The lowest BCUT2D eigenvalue weighted by Gasteiger charge is -2.16. The highest BCUT2D eigenvalue weighted by Gasteiger charge is 2.29. The van der Waals surface area contributed by atoms with Crippen LogP contribution in [0.1, 0.15) is 18.9 Å². The van der Waals surface area contributed by atoms with Crippen LogP contribution in [-0.4, -0.2) is 17.3 Å². The number of hydrogen-bond donors (Lipinski definition) is 2. The summed E-state index contributed by atoms with van der Waals surface area (Å²) in [5.74, 6) is 0.0694. The Kier molecular flexibility index (Phi) is 4.82. The van der Waals surface area contributed by atoms with Gasteiger partial charge >= 0.3 is 6.18 Å². The van der Waals surface area contributed by atoms with Crippen molar-refractivity contribution in [3.05, 3.63) is 28.2 Å². The predicted molar refractivity (Wildman–Crippen MR) is 62.8 cm³/mol. The average molecular weight is 312 g/mol. The molecule has 0 saturated heterocycles. The van der Waals surface area contributed by atoms with Gasteiger partial charge in [-0.25, -0.2) is 0 Å². The minimum atomic E-state index is -4.17. The van der Waals surface area contributed by atoms with Crippen LogP contribution in [-0.2, 0) is 6.54 Å². The molecule has 0 aromatic heterocycles. The number of hydrogen-bond acceptors (Lipinski definition) is 2. The number of rotatable bonds is 4. The number of halogens is 4. The van der Waals surface area contributed by atoms with Crippen LogP contribution >= 0.6 is 15.9 Å². The normalized spacial score (nSPS) is 13.7.